The molecule has 0 amide bonds. The van der Waals surface area contributed by atoms with Gasteiger partial charge in [-0.25, -0.2) is 0 Å². The fraction of sp³-hybridized carbons (Fsp3) is 0.333. The summed E-state index contributed by atoms with van der Waals surface area (Å²) in [4.78, 5) is 0. The molecule has 0 spiro atoms. The SMILES string of the molecule is CCn1cc(C(C)=CC#N)cn1. The highest BCUT2D eigenvalue weighted by molar-refractivity contribution is 5.64. The number of nitrogens with zero attached hydrogens (tertiary/aromatic N) is 3. The van der Waals surface area contributed by atoms with E-state index < -0.39 is 0 Å². The lowest BCUT2D eigenvalue weighted by Crippen LogP contribution is -1.92. The van der Waals surface area contributed by atoms with Gasteiger partial charge in [0.05, 0.1) is 12.3 Å². The van der Waals surface area contributed by atoms with Gasteiger partial charge in [0.1, 0.15) is 0 Å². The number of hydrogen-bond acceptors (Lipinski definition) is 2. The van der Waals surface area contributed by atoms with Gasteiger partial charge in [0, 0.05) is 24.4 Å². The van der Waals surface area contributed by atoms with Crippen molar-refractivity contribution < 1.29 is 0 Å². The van der Waals surface area contributed by atoms with E-state index in [0.717, 1.165) is 17.7 Å². The topological polar surface area (TPSA) is 41.6 Å². The second kappa shape index (κ2) is 3.72. The van der Waals surface area contributed by atoms with Gasteiger partial charge in [-0.05, 0) is 19.4 Å². The quantitative estimate of drug-likeness (QED) is 0.621. The Bertz CT molecular complexity index is 328. The van der Waals surface area contributed by atoms with E-state index in [2.05, 4.69) is 5.10 Å². The molecule has 3 nitrogen and oxygen atoms in total. The number of rotatable bonds is 2. The van der Waals surface area contributed by atoms with E-state index in [4.69, 9.17) is 5.26 Å². The van der Waals surface area contributed by atoms with Gasteiger partial charge in [-0.3, -0.25) is 4.68 Å². The first-order valence-electron chi connectivity index (χ1n) is 3.87. The van der Waals surface area contributed by atoms with Crippen LogP contribution in [0.15, 0.2) is 18.5 Å². The molecule has 1 aromatic heterocycles. The van der Waals surface area contributed by atoms with Crippen LogP contribution < -0.4 is 0 Å². The van der Waals surface area contributed by atoms with Gasteiger partial charge in [0.25, 0.3) is 0 Å². The summed E-state index contributed by atoms with van der Waals surface area (Å²) < 4.78 is 1.84. The van der Waals surface area contributed by atoms with Gasteiger partial charge < -0.3 is 0 Å². The maximum atomic E-state index is 8.41. The molecule has 0 N–H and O–H groups in total. The van der Waals surface area contributed by atoms with Crippen LogP contribution in [0.5, 0.6) is 0 Å². The molecular formula is C9H11N3. The van der Waals surface area contributed by atoms with Gasteiger partial charge >= 0.3 is 0 Å². The Hall–Kier alpha value is -1.56. The van der Waals surface area contributed by atoms with Crippen molar-refractivity contribution in [3.05, 3.63) is 24.0 Å². The molecule has 0 saturated carbocycles. The lowest BCUT2D eigenvalue weighted by atomic mass is 10.2. The molecule has 0 unspecified atom stereocenters. The van der Waals surface area contributed by atoms with E-state index in [1.165, 1.54) is 6.08 Å². The van der Waals surface area contributed by atoms with Crippen LogP contribution in [0, 0.1) is 11.3 Å². The fourth-order valence-electron chi connectivity index (χ4n) is 0.920. The summed E-state index contributed by atoms with van der Waals surface area (Å²) in [5.41, 5.74) is 1.97. The van der Waals surface area contributed by atoms with Gasteiger partial charge in [0.2, 0.25) is 0 Å². The molecule has 3 heteroatoms. The summed E-state index contributed by atoms with van der Waals surface area (Å²) in [5.74, 6) is 0. The predicted octanol–water partition coefficient (Wildman–Crippen LogP) is 1.83. The zero-order chi connectivity index (χ0) is 8.97. The molecule has 0 fully saturated rings. The van der Waals surface area contributed by atoms with E-state index in [-0.39, 0.29) is 0 Å². The summed E-state index contributed by atoms with van der Waals surface area (Å²) in [6.45, 7) is 4.79. The molecule has 1 rings (SSSR count). The summed E-state index contributed by atoms with van der Waals surface area (Å²) >= 11 is 0. The van der Waals surface area contributed by atoms with Gasteiger partial charge in [0.15, 0.2) is 0 Å². The van der Waals surface area contributed by atoms with Crippen LogP contribution in [0.1, 0.15) is 19.4 Å². The standard InChI is InChI=1S/C9H11N3/c1-3-12-7-9(6-11-12)8(2)4-5-10/h4,6-7H,3H2,1-2H3. The highest BCUT2D eigenvalue weighted by atomic mass is 15.3. The van der Waals surface area contributed by atoms with Crippen molar-refractivity contribution in [3.8, 4) is 6.07 Å². The van der Waals surface area contributed by atoms with E-state index in [9.17, 15) is 0 Å². The third-order valence-electron chi connectivity index (χ3n) is 1.69. The number of nitriles is 1. The van der Waals surface area contributed by atoms with Crippen molar-refractivity contribution in [3.63, 3.8) is 0 Å². The molecule has 0 aliphatic rings. The van der Waals surface area contributed by atoms with E-state index in [1.54, 1.807) is 6.20 Å². The molecular weight excluding hydrogens is 150 g/mol. The first kappa shape index (κ1) is 8.54. The van der Waals surface area contributed by atoms with Gasteiger partial charge in [-0.15, -0.1) is 0 Å². The van der Waals surface area contributed by atoms with Crippen LogP contribution in [0.3, 0.4) is 0 Å². The monoisotopic (exact) mass is 161 g/mol. The predicted molar refractivity (Wildman–Crippen MR) is 47.2 cm³/mol. The van der Waals surface area contributed by atoms with Crippen LogP contribution in [0.4, 0.5) is 0 Å². The van der Waals surface area contributed by atoms with Crippen LogP contribution >= 0.6 is 0 Å². The van der Waals surface area contributed by atoms with Crippen LogP contribution in [0.2, 0.25) is 0 Å². The maximum Gasteiger partial charge on any atom is 0.0915 e. The second-order valence-electron chi connectivity index (χ2n) is 2.54. The zero-order valence-corrected chi connectivity index (χ0v) is 7.28. The zero-order valence-electron chi connectivity index (χ0n) is 7.28. The van der Waals surface area contributed by atoms with Crippen LogP contribution in [-0.2, 0) is 6.54 Å². The third kappa shape index (κ3) is 1.73. The molecule has 0 saturated heterocycles. The molecule has 0 aromatic carbocycles. The van der Waals surface area contributed by atoms with Crippen molar-refractivity contribution in [1.29, 1.82) is 5.26 Å². The Kier molecular flexibility index (Phi) is 2.65. The Morgan fingerprint density at radius 1 is 1.83 bits per heavy atom. The van der Waals surface area contributed by atoms with Crippen LogP contribution in [-0.4, -0.2) is 9.78 Å². The first-order chi connectivity index (χ1) is 5.77. The second-order valence-corrected chi connectivity index (χ2v) is 2.54. The van der Waals surface area contributed by atoms with E-state index in [0.29, 0.717) is 0 Å². The minimum atomic E-state index is 0.861. The Morgan fingerprint density at radius 2 is 2.58 bits per heavy atom. The summed E-state index contributed by atoms with van der Waals surface area (Å²) in [6, 6.07) is 1.99. The largest absolute Gasteiger partial charge is 0.272 e. The van der Waals surface area contributed by atoms with Gasteiger partial charge in [-0.1, -0.05) is 0 Å². The summed E-state index contributed by atoms with van der Waals surface area (Å²) in [6.07, 6.45) is 5.23. The molecule has 1 heterocycles. The summed E-state index contributed by atoms with van der Waals surface area (Å²) in [7, 11) is 0. The third-order valence-corrected chi connectivity index (χ3v) is 1.69. The molecule has 0 radical (unpaired) electrons. The fourth-order valence-corrected chi connectivity index (χ4v) is 0.920. The summed E-state index contributed by atoms with van der Waals surface area (Å²) in [5, 5.41) is 12.5. The highest BCUT2D eigenvalue weighted by Crippen LogP contribution is 2.11. The molecule has 0 aliphatic heterocycles. The van der Waals surface area contributed by atoms with Crippen LogP contribution in [0.25, 0.3) is 5.57 Å². The number of aromatic nitrogens is 2. The van der Waals surface area contributed by atoms with E-state index >= 15 is 0 Å². The maximum absolute atomic E-state index is 8.41. The minimum absolute atomic E-state index is 0.861. The van der Waals surface area contributed by atoms with E-state index in [1.807, 2.05) is 30.8 Å². The van der Waals surface area contributed by atoms with Crippen molar-refractivity contribution in [2.75, 3.05) is 0 Å². The van der Waals surface area contributed by atoms with Crippen molar-refractivity contribution >= 4 is 5.57 Å². The normalized spacial score (nSPS) is 11.2. The minimum Gasteiger partial charge on any atom is -0.272 e. The molecule has 0 aliphatic carbocycles. The number of hydrogen-bond donors (Lipinski definition) is 0. The average molecular weight is 161 g/mol. The first-order valence-corrected chi connectivity index (χ1v) is 3.87. The highest BCUT2D eigenvalue weighted by Gasteiger charge is 1.97. The molecule has 0 atom stereocenters. The van der Waals surface area contributed by atoms with Crippen molar-refractivity contribution in [1.82, 2.24) is 9.78 Å². The van der Waals surface area contributed by atoms with Crippen molar-refractivity contribution in [2.45, 2.75) is 20.4 Å². The Morgan fingerprint density at radius 3 is 3.08 bits per heavy atom. The molecule has 0 bridgehead atoms. The number of aryl methyl sites for hydroxylation is 1. The van der Waals surface area contributed by atoms with Crippen molar-refractivity contribution in [2.24, 2.45) is 0 Å². The smallest absolute Gasteiger partial charge is 0.0915 e. The average Bonchev–Trinajstić information content (AvgIpc) is 2.52. The van der Waals surface area contributed by atoms with Gasteiger partial charge in [-0.2, -0.15) is 10.4 Å². The Balaban J connectivity index is 2.90. The number of allylic oxidation sites excluding steroid dienone is 2. The lowest BCUT2D eigenvalue weighted by molar-refractivity contribution is 0.659. The molecule has 12 heavy (non-hydrogen) atoms. The Labute approximate surface area is 71.9 Å². The molecule has 1 aromatic rings. The lowest BCUT2D eigenvalue weighted by Gasteiger charge is -1.92. The molecule has 62 valence electrons.